The first-order valence-corrected chi connectivity index (χ1v) is 7.04. The average molecular weight is 238 g/mol. The number of rotatable bonds is 5. The van der Waals surface area contributed by atoms with Crippen LogP contribution in [0.5, 0.6) is 0 Å². The Morgan fingerprint density at radius 1 is 1.18 bits per heavy atom. The molecule has 0 aromatic carbocycles. The molecule has 0 bridgehead atoms. The second kappa shape index (κ2) is 4.97. The minimum atomic E-state index is 0.104. The zero-order chi connectivity index (χ0) is 12.4. The summed E-state index contributed by atoms with van der Waals surface area (Å²) in [6.07, 6.45) is 9.21. The van der Waals surface area contributed by atoms with Crippen LogP contribution in [0.4, 0.5) is 0 Å². The molecule has 2 fully saturated rings. The molecule has 98 valence electrons. The lowest BCUT2D eigenvalue weighted by Gasteiger charge is -2.35. The van der Waals surface area contributed by atoms with E-state index >= 15 is 0 Å². The lowest BCUT2D eigenvalue weighted by molar-refractivity contribution is -0.124. The molecule has 2 saturated carbocycles. The summed E-state index contributed by atoms with van der Waals surface area (Å²) in [6, 6.07) is 0. The van der Waals surface area contributed by atoms with Gasteiger partial charge in [0.2, 0.25) is 5.91 Å². The van der Waals surface area contributed by atoms with Crippen LogP contribution < -0.4 is 11.1 Å². The molecule has 2 aliphatic rings. The Kier molecular flexibility index (Phi) is 3.76. The second-order valence-corrected chi connectivity index (χ2v) is 6.53. The highest BCUT2D eigenvalue weighted by molar-refractivity contribution is 5.76. The van der Waals surface area contributed by atoms with Crippen molar-refractivity contribution < 1.29 is 4.79 Å². The van der Waals surface area contributed by atoms with Gasteiger partial charge in [0.25, 0.3) is 0 Å². The minimum absolute atomic E-state index is 0.104. The van der Waals surface area contributed by atoms with Crippen molar-refractivity contribution in [2.45, 2.75) is 58.3 Å². The van der Waals surface area contributed by atoms with Gasteiger partial charge in [0.1, 0.15) is 0 Å². The van der Waals surface area contributed by atoms with Gasteiger partial charge in [0, 0.05) is 13.0 Å². The van der Waals surface area contributed by atoms with Gasteiger partial charge < -0.3 is 11.1 Å². The fourth-order valence-electron chi connectivity index (χ4n) is 2.86. The molecule has 0 aromatic rings. The maximum absolute atomic E-state index is 12.0. The Balaban J connectivity index is 1.78. The van der Waals surface area contributed by atoms with E-state index in [1.807, 2.05) is 0 Å². The Morgan fingerprint density at radius 3 is 2.35 bits per heavy atom. The summed E-state index contributed by atoms with van der Waals surface area (Å²) in [5, 5.41) is 3.10. The monoisotopic (exact) mass is 238 g/mol. The summed E-state index contributed by atoms with van der Waals surface area (Å²) in [5.41, 5.74) is 6.41. The van der Waals surface area contributed by atoms with E-state index in [-0.39, 0.29) is 11.3 Å². The Labute approximate surface area is 105 Å². The first-order valence-electron chi connectivity index (χ1n) is 7.04. The summed E-state index contributed by atoms with van der Waals surface area (Å²) in [6.45, 7) is 3.76. The van der Waals surface area contributed by atoms with Crippen molar-refractivity contribution in [3.8, 4) is 0 Å². The van der Waals surface area contributed by atoms with E-state index in [1.54, 1.807) is 0 Å². The number of carbonyl (C=O) groups excluding carboxylic acids is 1. The van der Waals surface area contributed by atoms with Gasteiger partial charge in [-0.2, -0.15) is 0 Å². The third-order valence-electron chi connectivity index (χ3n) is 4.70. The summed E-state index contributed by atoms with van der Waals surface area (Å²) in [5.74, 6) is 0.213. The number of amides is 1. The van der Waals surface area contributed by atoms with Crippen LogP contribution in [0.2, 0.25) is 0 Å². The van der Waals surface area contributed by atoms with E-state index in [1.165, 1.54) is 32.1 Å². The van der Waals surface area contributed by atoms with Gasteiger partial charge in [0.05, 0.1) is 0 Å². The highest BCUT2D eigenvalue weighted by atomic mass is 16.1. The fraction of sp³-hybridized carbons (Fsp3) is 0.929. The number of carbonyl (C=O) groups is 1. The predicted molar refractivity (Wildman–Crippen MR) is 69.5 cm³/mol. The van der Waals surface area contributed by atoms with Crippen LogP contribution in [0.3, 0.4) is 0 Å². The van der Waals surface area contributed by atoms with Crippen LogP contribution in [0.15, 0.2) is 0 Å². The second-order valence-electron chi connectivity index (χ2n) is 6.53. The van der Waals surface area contributed by atoms with Crippen molar-refractivity contribution in [2.75, 3.05) is 13.1 Å². The maximum atomic E-state index is 12.0. The molecule has 3 heteroatoms. The lowest BCUT2D eigenvalue weighted by atomic mass is 9.71. The molecule has 0 radical (unpaired) electrons. The Bertz CT molecular complexity index is 278. The molecule has 3 N–H and O–H groups in total. The van der Waals surface area contributed by atoms with Crippen molar-refractivity contribution in [3.63, 3.8) is 0 Å². The molecule has 1 amide bonds. The first kappa shape index (κ1) is 12.9. The highest BCUT2D eigenvalue weighted by Crippen LogP contribution is 2.44. The van der Waals surface area contributed by atoms with Gasteiger partial charge in [-0.15, -0.1) is 0 Å². The van der Waals surface area contributed by atoms with E-state index in [2.05, 4.69) is 12.2 Å². The van der Waals surface area contributed by atoms with Gasteiger partial charge >= 0.3 is 0 Å². The van der Waals surface area contributed by atoms with E-state index in [4.69, 9.17) is 5.73 Å². The molecule has 0 aromatic heterocycles. The molecule has 0 aliphatic heterocycles. The van der Waals surface area contributed by atoms with Crippen molar-refractivity contribution in [1.29, 1.82) is 0 Å². The molecule has 0 saturated heterocycles. The van der Waals surface area contributed by atoms with Crippen molar-refractivity contribution in [1.82, 2.24) is 5.32 Å². The van der Waals surface area contributed by atoms with Gasteiger partial charge in [-0.3, -0.25) is 4.79 Å². The van der Waals surface area contributed by atoms with Crippen LogP contribution in [-0.4, -0.2) is 19.0 Å². The van der Waals surface area contributed by atoms with E-state index in [0.717, 1.165) is 19.4 Å². The van der Waals surface area contributed by atoms with Crippen molar-refractivity contribution in [2.24, 2.45) is 16.6 Å². The number of hydrogen-bond donors (Lipinski definition) is 2. The predicted octanol–water partition coefficient (Wildman–Crippen LogP) is 2.20. The maximum Gasteiger partial charge on any atom is 0.220 e. The number of nitrogens with one attached hydrogen (secondary N) is 1. The van der Waals surface area contributed by atoms with Crippen LogP contribution >= 0.6 is 0 Å². The smallest absolute Gasteiger partial charge is 0.220 e. The largest absolute Gasteiger partial charge is 0.356 e. The summed E-state index contributed by atoms with van der Waals surface area (Å²) >= 11 is 0. The summed E-state index contributed by atoms with van der Waals surface area (Å²) in [7, 11) is 0. The Hall–Kier alpha value is -0.570. The van der Waals surface area contributed by atoms with Crippen LogP contribution in [0, 0.1) is 10.8 Å². The highest BCUT2D eigenvalue weighted by Gasteiger charge is 2.38. The molecule has 0 unspecified atom stereocenters. The van der Waals surface area contributed by atoms with E-state index in [0.29, 0.717) is 18.4 Å². The number of nitrogens with two attached hydrogens (primary N) is 1. The van der Waals surface area contributed by atoms with E-state index in [9.17, 15) is 4.79 Å². The molecular weight excluding hydrogens is 212 g/mol. The van der Waals surface area contributed by atoms with Crippen LogP contribution in [0.25, 0.3) is 0 Å². The normalized spacial score (nSPS) is 25.3. The average Bonchev–Trinajstić information content (AvgIpc) is 3.07. The molecule has 0 atom stereocenters. The molecule has 3 nitrogen and oxygen atoms in total. The van der Waals surface area contributed by atoms with Crippen LogP contribution in [0.1, 0.15) is 58.3 Å². The lowest BCUT2D eigenvalue weighted by Crippen LogP contribution is -2.39. The molecule has 0 spiro atoms. The minimum Gasteiger partial charge on any atom is -0.356 e. The SMILES string of the molecule is CC1(CNC(=O)CC2(CN)CCCCC2)CC1. The summed E-state index contributed by atoms with van der Waals surface area (Å²) in [4.78, 5) is 12.0. The van der Waals surface area contributed by atoms with E-state index < -0.39 is 0 Å². The summed E-state index contributed by atoms with van der Waals surface area (Å²) < 4.78 is 0. The van der Waals surface area contributed by atoms with Crippen molar-refractivity contribution >= 4 is 5.91 Å². The quantitative estimate of drug-likeness (QED) is 0.771. The molecule has 2 rings (SSSR count). The zero-order valence-electron chi connectivity index (χ0n) is 11.1. The van der Waals surface area contributed by atoms with Gasteiger partial charge in [-0.1, -0.05) is 26.2 Å². The fourth-order valence-corrected chi connectivity index (χ4v) is 2.86. The van der Waals surface area contributed by atoms with Crippen molar-refractivity contribution in [3.05, 3.63) is 0 Å². The molecule has 2 aliphatic carbocycles. The topological polar surface area (TPSA) is 55.1 Å². The molecule has 17 heavy (non-hydrogen) atoms. The third kappa shape index (κ3) is 3.44. The van der Waals surface area contributed by atoms with Crippen LogP contribution in [-0.2, 0) is 4.79 Å². The first-order chi connectivity index (χ1) is 8.08. The molecular formula is C14H26N2O. The third-order valence-corrected chi connectivity index (χ3v) is 4.70. The van der Waals surface area contributed by atoms with Gasteiger partial charge in [-0.25, -0.2) is 0 Å². The van der Waals surface area contributed by atoms with Gasteiger partial charge in [0.15, 0.2) is 0 Å². The number of hydrogen-bond acceptors (Lipinski definition) is 2. The zero-order valence-corrected chi connectivity index (χ0v) is 11.1. The molecule has 0 heterocycles. The standard InChI is InChI=1S/C14H26N2O/c1-13(7-8-13)11-16-12(17)9-14(10-15)5-3-2-4-6-14/h2-11,15H2,1H3,(H,16,17). The van der Waals surface area contributed by atoms with Gasteiger partial charge in [-0.05, 0) is 43.1 Å². The Morgan fingerprint density at radius 2 is 1.82 bits per heavy atom.